The Labute approximate surface area is 159 Å². The van der Waals surface area contributed by atoms with Crippen LogP contribution in [0.5, 0.6) is 5.75 Å². The van der Waals surface area contributed by atoms with Crippen molar-refractivity contribution in [1.82, 2.24) is 4.98 Å². The number of ether oxygens (including phenoxy) is 1. The van der Waals surface area contributed by atoms with E-state index in [2.05, 4.69) is 22.5 Å². The zero-order valence-electron chi connectivity index (χ0n) is 15.3. The van der Waals surface area contributed by atoms with E-state index in [4.69, 9.17) is 4.74 Å². The van der Waals surface area contributed by atoms with Crippen LogP contribution in [0.3, 0.4) is 0 Å². The summed E-state index contributed by atoms with van der Waals surface area (Å²) in [5.74, 6) is 1.33. The van der Waals surface area contributed by atoms with Crippen LogP contribution in [0.2, 0.25) is 0 Å². The van der Waals surface area contributed by atoms with Crippen molar-refractivity contribution in [2.75, 3.05) is 17.2 Å². The second-order valence-corrected chi connectivity index (χ2v) is 6.11. The summed E-state index contributed by atoms with van der Waals surface area (Å²) in [5.41, 5.74) is 2.33. The van der Waals surface area contributed by atoms with Gasteiger partial charge in [-0.05, 0) is 48.4 Å². The van der Waals surface area contributed by atoms with E-state index in [1.807, 2.05) is 60.7 Å². The van der Waals surface area contributed by atoms with E-state index < -0.39 is 0 Å². The van der Waals surface area contributed by atoms with E-state index in [0.717, 1.165) is 30.1 Å². The summed E-state index contributed by atoms with van der Waals surface area (Å²) in [6, 6.07) is 20.9. The largest absolute Gasteiger partial charge is 0.489 e. The molecule has 0 fully saturated rings. The summed E-state index contributed by atoms with van der Waals surface area (Å²) in [6.07, 6.45) is 2.60. The number of anilines is 2. The van der Waals surface area contributed by atoms with E-state index >= 15 is 0 Å². The summed E-state index contributed by atoms with van der Waals surface area (Å²) in [5, 5.41) is 6.05. The second-order valence-electron chi connectivity index (χ2n) is 6.11. The first-order valence-corrected chi connectivity index (χ1v) is 9.02. The lowest BCUT2D eigenvalue weighted by molar-refractivity contribution is 0.102. The Morgan fingerprint density at radius 3 is 2.44 bits per heavy atom. The average molecular weight is 361 g/mol. The Balaban J connectivity index is 1.53. The highest BCUT2D eigenvalue weighted by Gasteiger charge is 2.07. The van der Waals surface area contributed by atoms with Gasteiger partial charge in [0.05, 0.1) is 5.56 Å². The van der Waals surface area contributed by atoms with Gasteiger partial charge >= 0.3 is 0 Å². The Bertz CT molecular complexity index is 847. The molecule has 138 valence electrons. The minimum Gasteiger partial charge on any atom is -0.489 e. The molecule has 0 unspecified atom stereocenters. The summed E-state index contributed by atoms with van der Waals surface area (Å²) in [7, 11) is 0. The van der Waals surface area contributed by atoms with Crippen LogP contribution in [-0.4, -0.2) is 17.4 Å². The van der Waals surface area contributed by atoms with Gasteiger partial charge in [0, 0.05) is 18.4 Å². The molecule has 2 aromatic carbocycles. The third-order valence-corrected chi connectivity index (χ3v) is 3.94. The Kier molecular flexibility index (Phi) is 6.41. The van der Waals surface area contributed by atoms with Gasteiger partial charge in [-0.25, -0.2) is 4.98 Å². The molecule has 2 N–H and O–H groups in total. The number of rotatable bonds is 8. The first-order valence-electron chi connectivity index (χ1n) is 9.02. The zero-order valence-corrected chi connectivity index (χ0v) is 15.3. The van der Waals surface area contributed by atoms with Gasteiger partial charge in [-0.2, -0.15) is 0 Å². The van der Waals surface area contributed by atoms with Crippen LogP contribution >= 0.6 is 0 Å². The predicted octanol–water partition coefficient (Wildman–Crippen LogP) is 4.73. The Morgan fingerprint density at radius 1 is 1.00 bits per heavy atom. The van der Waals surface area contributed by atoms with Crippen LogP contribution in [0, 0.1) is 0 Å². The molecule has 0 bridgehead atoms. The quantitative estimate of drug-likeness (QED) is 0.608. The van der Waals surface area contributed by atoms with Crippen molar-refractivity contribution >= 4 is 17.4 Å². The zero-order chi connectivity index (χ0) is 18.9. The van der Waals surface area contributed by atoms with Crippen LogP contribution in [0.25, 0.3) is 0 Å². The molecule has 5 heteroatoms. The lowest BCUT2D eigenvalue weighted by Crippen LogP contribution is -2.12. The molecule has 1 amide bonds. The van der Waals surface area contributed by atoms with Gasteiger partial charge in [0.25, 0.3) is 5.91 Å². The van der Waals surface area contributed by atoms with Crippen LogP contribution in [0.15, 0.2) is 72.9 Å². The van der Waals surface area contributed by atoms with Crippen LogP contribution in [0.4, 0.5) is 11.5 Å². The highest BCUT2D eigenvalue weighted by Crippen LogP contribution is 2.18. The normalized spacial score (nSPS) is 10.3. The van der Waals surface area contributed by atoms with Gasteiger partial charge in [-0.15, -0.1) is 0 Å². The monoisotopic (exact) mass is 361 g/mol. The van der Waals surface area contributed by atoms with Crippen LogP contribution < -0.4 is 15.4 Å². The molecule has 0 atom stereocenters. The van der Waals surface area contributed by atoms with Crippen molar-refractivity contribution in [3.63, 3.8) is 0 Å². The number of hydrogen-bond acceptors (Lipinski definition) is 4. The highest BCUT2D eigenvalue weighted by molar-refractivity contribution is 6.04. The molecule has 0 aliphatic carbocycles. The smallest absolute Gasteiger partial charge is 0.257 e. The SMILES string of the molecule is CCCNc1ccc(C(=O)Nc2ccc(OCc3ccccc3)cc2)cn1. The summed E-state index contributed by atoms with van der Waals surface area (Å²) in [6.45, 7) is 3.46. The molecule has 3 aromatic rings. The third-order valence-electron chi connectivity index (χ3n) is 3.94. The summed E-state index contributed by atoms with van der Waals surface area (Å²) in [4.78, 5) is 16.6. The number of benzene rings is 2. The molecule has 0 aliphatic heterocycles. The van der Waals surface area contributed by atoms with E-state index in [-0.39, 0.29) is 5.91 Å². The molecule has 27 heavy (non-hydrogen) atoms. The van der Waals surface area contributed by atoms with Crippen molar-refractivity contribution in [3.05, 3.63) is 84.1 Å². The van der Waals surface area contributed by atoms with Gasteiger partial charge in [0.15, 0.2) is 0 Å². The van der Waals surface area contributed by atoms with Gasteiger partial charge in [-0.3, -0.25) is 4.79 Å². The maximum atomic E-state index is 12.3. The molecule has 0 radical (unpaired) electrons. The first kappa shape index (κ1) is 18.5. The minimum atomic E-state index is -0.192. The molecule has 0 spiro atoms. The Morgan fingerprint density at radius 2 is 1.78 bits per heavy atom. The maximum Gasteiger partial charge on any atom is 0.257 e. The molecular formula is C22H23N3O2. The topological polar surface area (TPSA) is 63.2 Å². The fourth-order valence-electron chi connectivity index (χ4n) is 2.46. The van der Waals surface area contributed by atoms with Gasteiger partial charge < -0.3 is 15.4 Å². The molecule has 0 aliphatic rings. The predicted molar refractivity (Wildman–Crippen MR) is 108 cm³/mol. The first-order chi connectivity index (χ1) is 13.2. The number of carbonyl (C=O) groups excluding carboxylic acids is 1. The molecular weight excluding hydrogens is 338 g/mol. The van der Waals surface area contributed by atoms with Crippen molar-refractivity contribution in [2.45, 2.75) is 20.0 Å². The Hall–Kier alpha value is -3.34. The summed E-state index contributed by atoms with van der Waals surface area (Å²) >= 11 is 0. The molecule has 1 aromatic heterocycles. The molecule has 3 rings (SSSR count). The fourth-order valence-corrected chi connectivity index (χ4v) is 2.46. The van der Waals surface area contributed by atoms with E-state index in [0.29, 0.717) is 17.9 Å². The van der Waals surface area contributed by atoms with Crippen LogP contribution in [0.1, 0.15) is 29.3 Å². The second kappa shape index (κ2) is 9.38. The van der Waals surface area contributed by atoms with Crippen molar-refractivity contribution in [3.8, 4) is 5.75 Å². The number of pyridine rings is 1. The third kappa shape index (κ3) is 5.57. The molecule has 1 heterocycles. The minimum absolute atomic E-state index is 0.192. The van der Waals surface area contributed by atoms with Gasteiger partial charge in [0.1, 0.15) is 18.2 Å². The standard InChI is InChI=1S/C22H23N3O2/c1-2-14-23-21-13-8-18(15-24-21)22(26)25-19-9-11-20(12-10-19)27-16-17-6-4-3-5-7-17/h3-13,15H,2,14,16H2,1H3,(H,23,24)(H,25,26). The maximum absolute atomic E-state index is 12.3. The molecule has 0 saturated heterocycles. The number of hydrogen-bond donors (Lipinski definition) is 2. The number of amides is 1. The van der Waals surface area contributed by atoms with Gasteiger partial charge in [0.2, 0.25) is 0 Å². The van der Waals surface area contributed by atoms with Crippen LogP contribution in [-0.2, 0) is 6.61 Å². The molecule has 0 saturated carbocycles. The lowest BCUT2D eigenvalue weighted by Gasteiger charge is -2.09. The lowest BCUT2D eigenvalue weighted by atomic mass is 10.2. The van der Waals surface area contributed by atoms with Crippen molar-refractivity contribution < 1.29 is 9.53 Å². The number of nitrogens with zero attached hydrogens (tertiary/aromatic N) is 1. The fraction of sp³-hybridized carbons (Fsp3) is 0.182. The summed E-state index contributed by atoms with van der Waals surface area (Å²) < 4.78 is 5.75. The van der Waals surface area contributed by atoms with E-state index in [9.17, 15) is 4.79 Å². The van der Waals surface area contributed by atoms with Crippen molar-refractivity contribution in [1.29, 1.82) is 0 Å². The highest BCUT2D eigenvalue weighted by atomic mass is 16.5. The molecule has 5 nitrogen and oxygen atoms in total. The average Bonchev–Trinajstić information content (AvgIpc) is 2.73. The number of carbonyl (C=O) groups is 1. The number of aromatic nitrogens is 1. The van der Waals surface area contributed by atoms with Crippen molar-refractivity contribution in [2.24, 2.45) is 0 Å². The van der Waals surface area contributed by atoms with Gasteiger partial charge in [-0.1, -0.05) is 37.3 Å². The van der Waals surface area contributed by atoms with E-state index in [1.165, 1.54) is 0 Å². The van der Waals surface area contributed by atoms with E-state index in [1.54, 1.807) is 12.3 Å². The number of nitrogens with one attached hydrogen (secondary N) is 2.